The summed E-state index contributed by atoms with van der Waals surface area (Å²) in [7, 11) is 0. The van der Waals surface area contributed by atoms with Gasteiger partial charge in [0.15, 0.2) is 0 Å². The number of aromatic amines is 2. The molecule has 0 bridgehead atoms. The van der Waals surface area contributed by atoms with Crippen molar-refractivity contribution in [1.82, 2.24) is 30.8 Å². The van der Waals surface area contributed by atoms with Crippen molar-refractivity contribution in [3.8, 4) is 0 Å². The van der Waals surface area contributed by atoms with Gasteiger partial charge in [0.05, 0.1) is 11.0 Å². The summed E-state index contributed by atoms with van der Waals surface area (Å²) in [4.78, 5) is 0. The summed E-state index contributed by atoms with van der Waals surface area (Å²) in [5.74, 6) is 1.10. The van der Waals surface area contributed by atoms with E-state index in [-0.39, 0.29) is 0 Å². The van der Waals surface area contributed by atoms with Gasteiger partial charge in [-0.05, 0) is 23.3 Å². The van der Waals surface area contributed by atoms with E-state index in [1.807, 2.05) is 36.4 Å². The molecule has 4 aromatic rings. The van der Waals surface area contributed by atoms with Crippen molar-refractivity contribution in [3.05, 3.63) is 53.4 Å². The van der Waals surface area contributed by atoms with E-state index >= 15 is 0 Å². The maximum absolute atomic E-state index is 4.16. The van der Waals surface area contributed by atoms with E-state index in [0.717, 1.165) is 39.1 Å². The van der Waals surface area contributed by atoms with Gasteiger partial charge in [0.2, 0.25) is 0 Å². The third kappa shape index (κ3) is 1.51. The molecule has 6 nitrogen and oxygen atoms in total. The highest BCUT2D eigenvalue weighted by Crippen LogP contribution is 2.30. The first-order valence-corrected chi connectivity index (χ1v) is 6.28. The Morgan fingerprint density at radius 1 is 0.800 bits per heavy atom. The first-order chi connectivity index (χ1) is 9.84. The van der Waals surface area contributed by atoms with Crippen molar-refractivity contribution >= 4 is 22.1 Å². The highest BCUT2D eigenvalue weighted by Gasteiger charge is 2.18. The predicted molar refractivity (Wildman–Crippen MR) is 74.9 cm³/mol. The zero-order chi connectivity index (χ0) is 13.5. The standard InChI is InChI=1S/C14H11N6/c1-8(9-4-2-6-11-13(9)17-19-15-11)10-5-3-7-12-14(10)18-20-16-12/h2-7H,1H3,(H,15,17,19)(H,16,18,20). The average molecular weight is 263 g/mol. The van der Waals surface area contributed by atoms with Crippen LogP contribution in [0.3, 0.4) is 0 Å². The Morgan fingerprint density at radius 3 is 1.80 bits per heavy atom. The summed E-state index contributed by atoms with van der Waals surface area (Å²) in [5.41, 5.74) is 5.68. The van der Waals surface area contributed by atoms with Crippen LogP contribution >= 0.6 is 0 Å². The number of nitrogens with zero attached hydrogens (tertiary/aromatic N) is 4. The first kappa shape index (κ1) is 11.1. The molecule has 0 aliphatic heterocycles. The van der Waals surface area contributed by atoms with Crippen LogP contribution in [0, 0.1) is 5.92 Å². The fourth-order valence-electron chi connectivity index (χ4n) is 2.49. The maximum atomic E-state index is 4.16. The number of fused-ring (bicyclic) bond motifs is 2. The molecule has 0 fully saturated rings. The van der Waals surface area contributed by atoms with Crippen molar-refractivity contribution < 1.29 is 0 Å². The minimum absolute atomic E-state index is 0.866. The van der Waals surface area contributed by atoms with E-state index < -0.39 is 0 Å². The van der Waals surface area contributed by atoms with Crippen LogP contribution in [0.4, 0.5) is 0 Å². The topological polar surface area (TPSA) is 83.1 Å². The Labute approximate surface area is 114 Å². The van der Waals surface area contributed by atoms with Crippen molar-refractivity contribution in [2.75, 3.05) is 0 Å². The van der Waals surface area contributed by atoms with Gasteiger partial charge in [0.25, 0.3) is 0 Å². The fourth-order valence-corrected chi connectivity index (χ4v) is 2.49. The summed E-state index contributed by atoms with van der Waals surface area (Å²) in [6.45, 7) is 2.06. The number of nitrogens with one attached hydrogen (secondary N) is 2. The van der Waals surface area contributed by atoms with Crippen LogP contribution in [0.25, 0.3) is 22.1 Å². The van der Waals surface area contributed by atoms with Gasteiger partial charge in [-0.25, -0.2) is 0 Å². The molecule has 0 amide bonds. The normalized spacial score (nSPS) is 11.7. The van der Waals surface area contributed by atoms with Crippen LogP contribution < -0.4 is 0 Å². The SMILES string of the molecule is C[C](c1cccc2[nH]nnc12)c1cccc2[nH]nnc12. The second-order valence-corrected chi connectivity index (χ2v) is 4.65. The van der Waals surface area contributed by atoms with E-state index in [1.54, 1.807) is 0 Å². The summed E-state index contributed by atoms with van der Waals surface area (Å²) < 4.78 is 0. The molecule has 0 saturated heterocycles. The molecule has 0 spiro atoms. The van der Waals surface area contributed by atoms with Crippen LogP contribution in [-0.4, -0.2) is 30.8 Å². The molecule has 0 aliphatic rings. The lowest BCUT2D eigenvalue weighted by molar-refractivity contribution is 0.955. The number of rotatable bonds is 2. The quantitative estimate of drug-likeness (QED) is 0.581. The molecule has 4 rings (SSSR count). The van der Waals surface area contributed by atoms with Crippen LogP contribution in [0.2, 0.25) is 0 Å². The highest BCUT2D eigenvalue weighted by molar-refractivity contribution is 5.85. The van der Waals surface area contributed by atoms with Gasteiger partial charge in [-0.15, -0.1) is 10.2 Å². The lowest BCUT2D eigenvalue weighted by Crippen LogP contribution is -1.99. The molecule has 0 aliphatic carbocycles. The van der Waals surface area contributed by atoms with Gasteiger partial charge in [0.1, 0.15) is 11.0 Å². The Kier molecular flexibility index (Phi) is 2.29. The smallest absolute Gasteiger partial charge is 0.117 e. The Bertz CT molecular complexity index is 817. The molecule has 6 heteroatoms. The molecule has 20 heavy (non-hydrogen) atoms. The molecule has 2 aromatic heterocycles. The molecule has 2 N–H and O–H groups in total. The van der Waals surface area contributed by atoms with Gasteiger partial charge in [-0.3, -0.25) is 10.2 Å². The van der Waals surface area contributed by atoms with Gasteiger partial charge >= 0.3 is 0 Å². The zero-order valence-corrected chi connectivity index (χ0v) is 10.8. The van der Waals surface area contributed by atoms with Crippen LogP contribution in [0.15, 0.2) is 36.4 Å². The Morgan fingerprint density at radius 2 is 1.30 bits per heavy atom. The van der Waals surface area contributed by atoms with Crippen LogP contribution in [-0.2, 0) is 0 Å². The van der Waals surface area contributed by atoms with Crippen molar-refractivity contribution in [2.45, 2.75) is 6.92 Å². The van der Waals surface area contributed by atoms with Crippen LogP contribution in [0.1, 0.15) is 18.1 Å². The van der Waals surface area contributed by atoms with Crippen LogP contribution in [0.5, 0.6) is 0 Å². The second kappa shape index (κ2) is 4.12. The maximum Gasteiger partial charge on any atom is 0.117 e. The Balaban J connectivity index is 1.94. The van der Waals surface area contributed by atoms with Gasteiger partial charge in [0, 0.05) is 5.92 Å². The van der Waals surface area contributed by atoms with E-state index in [1.165, 1.54) is 0 Å². The van der Waals surface area contributed by atoms with Crippen molar-refractivity contribution in [2.24, 2.45) is 0 Å². The number of hydrogen-bond donors (Lipinski definition) is 2. The van der Waals surface area contributed by atoms with E-state index in [9.17, 15) is 0 Å². The minimum Gasteiger partial charge on any atom is -0.258 e. The zero-order valence-electron chi connectivity index (χ0n) is 10.8. The van der Waals surface area contributed by atoms with E-state index in [0.29, 0.717) is 0 Å². The molecular weight excluding hydrogens is 252 g/mol. The molecular formula is C14H11N6. The monoisotopic (exact) mass is 263 g/mol. The highest BCUT2D eigenvalue weighted by atomic mass is 15.3. The summed E-state index contributed by atoms with van der Waals surface area (Å²) in [6, 6.07) is 12.0. The number of benzene rings is 2. The summed E-state index contributed by atoms with van der Waals surface area (Å²) >= 11 is 0. The summed E-state index contributed by atoms with van der Waals surface area (Å²) in [6.07, 6.45) is 0. The third-order valence-corrected chi connectivity index (χ3v) is 3.52. The van der Waals surface area contributed by atoms with Gasteiger partial charge in [-0.2, -0.15) is 0 Å². The molecule has 0 saturated carbocycles. The van der Waals surface area contributed by atoms with Gasteiger partial charge in [-0.1, -0.05) is 41.6 Å². The molecule has 0 atom stereocenters. The van der Waals surface area contributed by atoms with Crippen molar-refractivity contribution in [1.29, 1.82) is 0 Å². The lowest BCUT2D eigenvalue weighted by atomic mass is 9.91. The average Bonchev–Trinajstić information content (AvgIpc) is 3.13. The molecule has 0 unspecified atom stereocenters. The minimum atomic E-state index is 0.866. The number of hydrogen-bond acceptors (Lipinski definition) is 4. The number of aromatic nitrogens is 6. The number of H-pyrrole nitrogens is 2. The fraction of sp³-hybridized carbons (Fsp3) is 0.0714. The van der Waals surface area contributed by atoms with E-state index in [4.69, 9.17) is 0 Å². The molecule has 2 aromatic carbocycles. The molecule has 97 valence electrons. The second-order valence-electron chi connectivity index (χ2n) is 4.65. The van der Waals surface area contributed by atoms with Gasteiger partial charge < -0.3 is 0 Å². The molecule has 2 heterocycles. The van der Waals surface area contributed by atoms with Crippen molar-refractivity contribution in [3.63, 3.8) is 0 Å². The lowest BCUT2D eigenvalue weighted by Gasteiger charge is -2.12. The first-order valence-electron chi connectivity index (χ1n) is 6.28. The Hall–Kier alpha value is -2.76. The predicted octanol–water partition coefficient (Wildman–Crippen LogP) is 2.22. The largest absolute Gasteiger partial charge is 0.258 e. The third-order valence-electron chi connectivity index (χ3n) is 3.52. The van der Waals surface area contributed by atoms with E-state index in [2.05, 4.69) is 37.7 Å². The summed E-state index contributed by atoms with van der Waals surface area (Å²) in [5, 5.41) is 21.8. The molecule has 1 radical (unpaired) electrons.